The van der Waals surface area contributed by atoms with E-state index in [0.29, 0.717) is 27.8 Å². The molecule has 1 saturated carbocycles. The van der Waals surface area contributed by atoms with Crippen molar-refractivity contribution in [3.8, 4) is 11.5 Å². The molecular weight excluding hydrogens is 685 g/mol. The molecule has 12 nitrogen and oxygen atoms in total. The lowest BCUT2D eigenvalue weighted by atomic mass is 10.0. The van der Waals surface area contributed by atoms with Crippen LogP contribution >= 0.6 is 23.2 Å². The first-order valence-corrected chi connectivity index (χ1v) is 16.8. The number of aryl methyl sites for hydroxylation is 1. The summed E-state index contributed by atoms with van der Waals surface area (Å²) < 4.78 is 76.9. The van der Waals surface area contributed by atoms with Crippen molar-refractivity contribution in [2.24, 2.45) is 5.92 Å². The molecule has 0 bridgehead atoms. The Labute approximate surface area is 277 Å². The van der Waals surface area contributed by atoms with Crippen LogP contribution in [0.1, 0.15) is 48.6 Å². The van der Waals surface area contributed by atoms with Crippen LogP contribution in [0.4, 0.5) is 8.78 Å². The van der Waals surface area contributed by atoms with Crippen molar-refractivity contribution in [2.75, 3.05) is 13.2 Å². The second-order valence-corrected chi connectivity index (χ2v) is 14.0. The van der Waals surface area contributed by atoms with Gasteiger partial charge < -0.3 is 23.9 Å². The molecule has 1 aromatic carbocycles. The zero-order valence-corrected chi connectivity index (χ0v) is 27.1. The summed E-state index contributed by atoms with van der Waals surface area (Å²) >= 11 is 12.7. The summed E-state index contributed by atoms with van der Waals surface area (Å²) in [6, 6.07) is 4.30. The first-order valence-electron chi connectivity index (χ1n) is 14.6. The van der Waals surface area contributed by atoms with Crippen molar-refractivity contribution in [3.63, 3.8) is 0 Å². The third-order valence-electron chi connectivity index (χ3n) is 8.00. The molecule has 2 unspecified atom stereocenters. The number of aromatic nitrogens is 3. The van der Waals surface area contributed by atoms with Gasteiger partial charge in [-0.25, -0.2) is 13.4 Å². The van der Waals surface area contributed by atoms with Crippen LogP contribution in [-0.4, -0.2) is 54.6 Å². The lowest BCUT2D eigenvalue weighted by molar-refractivity contribution is -0.605. The summed E-state index contributed by atoms with van der Waals surface area (Å²) in [7, 11) is -4.22. The number of alkyl halides is 2. The number of esters is 1. The van der Waals surface area contributed by atoms with Gasteiger partial charge in [-0.15, -0.1) is 0 Å². The molecule has 4 heterocycles. The number of fused-ring (bicyclic) bond motifs is 1. The van der Waals surface area contributed by atoms with Crippen molar-refractivity contribution >= 4 is 50.3 Å². The highest BCUT2D eigenvalue weighted by atomic mass is 35.5. The maximum Gasteiger partial charge on any atom is 0.387 e. The van der Waals surface area contributed by atoms with Gasteiger partial charge in [0.15, 0.2) is 23.9 Å². The molecule has 0 spiro atoms. The number of pyridine rings is 2. The average molecular weight is 714 g/mol. The van der Waals surface area contributed by atoms with E-state index in [1.165, 1.54) is 24.3 Å². The van der Waals surface area contributed by atoms with Gasteiger partial charge in [-0.05, 0) is 62.3 Å². The van der Waals surface area contributed by atoms with Crippen molar-refractivity contribution in [1.82, 2.24) is 14.4 Å². The van der Waals surface area contributed by atoms with Crippen LogP contribution in [0.15, 0.2) is 52.3 Å². The molecule has 2 fully saturated rings. The van der Waals surface area contributed by atoms with Gasteiger partial charge in [-0.2, -0.15) is 17.8 Å². The Morgan fingerprint density at radius 3 is 2.62 bits per heavy atom. The fraction of sp³-hybridized carbons (Fsp3) is 0.400. The zero-order chi connectivity index (χ0) is 33.5. The van der Waals surface area contributed by atoms with Crippen LogP contribution in [-0.2, 0) is 26.0 Å². The SMILES string of the molecule is Cc1noc2ncc(S(=O)(=O)N3CCCC3C(=O)OC(Cc3c(Cl)c[n+]([O-])cc3Cl)c3ccc(OC(F)F)c(OCC4CC4)c3)cc12. The van der Waals surface area contributed by atoms with E-state index < -0.39 is 34.7 Å². The molecule has 47 heavy (non-hydrogen) atoms. The normalized spacial score (nSPS) is 17.7. The molecule has 4 aromatic rings. The van der Waals surface area contributed by atoms with E-state index >= 15 is 0 Å². The van der Waals surface area contributed by atoms with Gasteiger partial charge >= 0.3 is 12.6 Å². The van der Waals surface area contributed by atoms with Gasteiger partial charge in [0.2, 0.25) is 10.0 Å². The van der Waals surface area contributed by atoms with Crippen molar-refractivity contribution in [2.45, 2.75) is 62.7 Å². The Balaban J connectivity index is 1.32. The molecule has 17 heteroatoms. The number of halogens is 4. The van der Waals surface area contributed by atoms with Crippen molar-refractivity contribution in [1.29, 1.82) is 0 Å². The van der Waals surface area contributed by atoms with E-state index in [4.69, 9.17) is 37.2 Å². The van der Waals surface area contributed by atoms with Crippen LogP contribution in [0.5, 0.6) is 11.5 Å². The van der Waals surface area contributed by atoms with E-state index in [-0.39, 0.29) is 69.6 Å². The largest absolute Gasteiger partial charge is 0.619 e. The molecule has 0 radical (unpaired) electrons. The third-order valence-corrected chi connectivity index (χ3v) is 10.5. The highest BCUT2D eigenvalue weighted by molar-refractivity contribution is 7.89. The van der Waals surface area contributed by atoms with E-state index in [9.17, 15) is 27.2 Å². The van der Waals surface area contributed by atoms with Crippen LogP contribution in [0.2, 0.25) is 10.0 Å². The summed E-state index contributed by atoms with van der Waals surface area (Å²) in [6.07, 6.45) is 4.44. The predicted molar refractivity (Wildman–Crippen MR) is 163 cm³/mol. The molecule has 6 rings (SSSR count). The summed E-state index contributed by atoms with van der Waals surface area (Å²) in [5, 5.41) is 16.1. The van der Waals surface area contributed by atoms with E-state index in [0.717, 1.165) is 35.7 Å². The summed E-state index contributed by atoms with van der Waals surface area (Å²) in [6.45, 7) is -1.14. The maximum absolute atomic E-state index is 13.8. The number of hydrogen-bond acceptors (Lipinski definition) is 10. The first-order chi connectivity index (χ1) is 22.4. The van der Waals surface area contributed by atoms with Gasteiger partial charge in [0, 0.05) is 18.5 Å². The van der Waals surface area contributed by atoms with E-state index in [1.807, 2.05) is 0 Å². The minimum absolute atomic E-state index is 0.00611. The zero-order valence-electron chi connectivity index (χ0n) is 24.8. The van der Waals surface area contributed by atoms with Gasteiger partial charge in [0.05, 0.1) is 23.9 Å². The number of carbonyl (C=O) groups is 1. The molecule has 1 aliphatic heterocycles. The second-order valence-electron chi connectivity index (χ2n) is 11.3. The van der Waals surface area contributed by atoms with Gasteiger partial charge in [0.25, 0.3) is 5.71 Å². The average Bonchev–Trinajstić information content (AvgIpc) is 3.57. The standard InChI is InChI=1S/C30H28Cl2F2N4O8S/c1-16-20-10-19(12-35-28(20)46-36-16)47(41,42)38-8-2-3-24(38)29(39)44-26(11-21-22(31)13-37(40)14-23(21)32)18-6-7-25(45-30(33)34)27(9-18)43-15-17-4-5-17/h6-7,9-10,12-14,17,24,26,30H,2-5,8,11,15H2,1H3. The van der Waals surface area contributed by atoms with Crippen LogP contribution < -0.4 is 14.2 Å². The number of rotatable bonds is 12. The third kappa shape index (κ3) is 7.22. The Kier molecular flexibility index (Phi) is 9.43. The topological polar surface area (TPSA) is 148 Å². The van der Waals surface area contributed by atoms with E-state index in [1.54, 1.807) is 6.92 Å². The first kappa shape index (κ1) is 33.1. The van der Waals surface area contributed by atoms with Crippen LogP contribution in [0.25, 0.3) is 11.1 Å². The van der Waals surface area contributed by atoms with Crippen LogP contribution in [0, 0.1) is 18.0 Å². The molecule has 0 amide bonds. The van der Waals surface area contributed by atoms with Crippen LogP contribution in [0.3, 0.4) is 0 Å². The number of ether oxygens (including phenoxy) is 3. The smallest absolute Gasteiger partial charge is 0.387 e. The summed E-state index contributed by atoms with van der Waals surface area (Å²) in [5.41, 5.74) is 1.21. The molecule has 3 aromatic heterocycles. The minimum Gasteiger partial charge on any atom is -0.619 e. The Bertz CT molecular complexity index is 1900. The highest BCUT2D eigenvalue weighted by Gasteiger charge is 2.42. The fourth-order valence-corrected chi connectivity index (χ4v) is 7.56. The number of sulfonamides is 1. The summed E-state index contributed by atoms with van der Waals surface area (Å²) in [4.78, 5) is 17.7. The fourth-order valence-electron chi connectivity index (χ4n) is 5.35. The number of nitrogens with zero attached hydrogens (tertiary/aromatic N) is 4. The van der Waals surface area contributed by atoms with Gasteiger partial charge in [-0.3, -0.25) is 4.79 Å². The van der Waals surface area contributed by atoms with Crippen molar-refractivity contribution in [3.05, 3.63) is 74.9 Å². The Morgan fingerprint density at radius 2 is 1.91 bits per heavy atom. The van der Waals surface area contributed by atoms with Gasteiger partial charge in [-0.1, -0.05) is 34.4 Å². The van der Waals surface area contributed by atoms with Crippen molar-refractivity contribution < 1.29 is 45.5 Å². The molecule has 250 valence electrons. The number of benzene rings is 1. The second kappa shape index (κ2) is 13.4. The quantitative estimate of drug-likeness (QED) is 0.104. The Hall–Kier alpha value is -3.79. The molecule has 2 aliphatic rings. The molecule has 1 aliphatic carbocycles. The highest BCUT2D eigenvalue weighted by Crippen LogP contribution is 2.39. The maximum atomic E-state index is 13.8. The number of hydrogen-bond donors (Lipinski definition) is 0. The lowest BCUT2D eigenvalue weighted by Crippen LogP contribution is -2.41. The molecular formula is C30H28Cl2F2N4O8S. The monoisotopic (exact) mass is 712 g/mol. The summed E-state index contributed by atoms with van der Waals surface area (Å²) in [5.74, 6) is -0.774. The van der Waals surface area contributed by atoms with Gasteiger partial charge in [0.1, 0.15) is 27.1 Å². The molecule has 0 N–H and O–H groups in total. The predicted octanol–water partition coefficient (Wildman–Crippen LogP) is 5.54. The molecule has 1 saturated heterocycles. The lowest BCUT2D eigenvalue weighted by Gasteiger charge is -2.26. The van der Waals surface area contributed by atoms with E-state index in [2.05, 4.69) is 14.9 Å². The minimum atomic E-state index is -4.22. The number of carbonyl (C=O) groups excluding carboxylic acids is 1. The Morgan fingerprint density at radius 1 is 1.17 bits per heavy atom. The molecule has 2 atom stereocenters.